The van der Waals surface area contributed by atoms with Crippen molar-refractivity contribution in [2.24, 2.45) is 0 Å². The largest absolute Gasteiger partial charge is 0.320 e. The van der Waals surface area contributed by atoms with Gasteiger partial charge in [-0.3, -0.25) is 14.8 Å². The van der Waals surface area contributed by atoms with Gasteiger partial charge in [0.15, 0.2) is 0 Å². The minimum atomic E-state index is -0.126. The number of rotatable bonds is 0. The topological polar surface area (TPSA) is 58.6 Å². The lowest BCUT2D eigenvalue weighted by molar-refractivity contribution is 1.28. The summed E-state index contributed by atoms with van der Waals surface area (Å²) in [5.74, 6) is 0. The van der Waals surface area contributed by atoms with Crippen molar-refractivity contribution in [2.45, 2.75) is 0 Å². The van der Waals surface area contributed by atoms with Gasteiger partial charge in [-0.2, -0.15) is 0 Å². The van der Waals surface area contributed by atoms with Gasteiger partial charge in [-0.05, 0) is 18.2 Å². The van der Waals surface area contributed by atoms with E-state index in [4.69, 9.17) is 0 Å². The number of hydrogen-bond donors (Lipinski definition) is 1. The first kappa shape index (κ1) is 8.11. The average molecular weight is 197 g/mol. The predicted molar refractivity (Wildman–Crippen MR) is 57.7 cm³/mol. The van der Waals surface area contributed by atoms with Crippen molar-refractivity contribution in [2.75, 3.05) is 0 Å². The summed E-state index contributed by atoms with van der Waals surface area (Å²) in [4.78, 5) is 22.6. The Morgan fingerprint density at radius 1 is 1.13 bits per heavy atom. The number of nitrogens with zero attached hydrogens (tertiary/aromatic N) is 2. The van der Waals surface area contributed by atoms with Gasteiger partial charge in [-0.1, -0.05) is 0 Å². The molecule has 3 heterocycles. The summed E-state index contributed by atoms with van der Waals surface area (Å²) >= 11 is 0. The smallest absolute Gasteiger partial charge is 0.257 e. The molecule has 0 unspecified atom stereocenters. The van der Waals surface area contributed by atoms with Crippen molar-refractivity contribution in [1.82, 2.24) is 15.0 Å². The zero-order valence-corrected chi connectivity index (χ0v) is 7.77. The van der Waals surface area contributed by atoms with Crippen LogP contribution >= 0.6 is 0 Å². The van der Waals surface area contributed by atoms with Crippen molar-refractivity contribution in [3.05, 3.63) is 47.1 Å². The molecule has 3 rings (SSSR count). The van der Waals surface area contributed by atoms with E-state index in [1.165, 1.54) is 0 Å². The summed E-state index contributed by atoms with van der Waals surface area (Å²) in [5.41, 5.74) is 1.43. The minimum Gasteiger partial charge on any atom is -0.320 e. The molecule has 3 aromatic heterocycles. The fourth-order valence-corrected chi connectivity index (χ4v) is 1.69. The molecule has 15 heavy (non-hydrogen) atoms. The van der Waals surface area contributed by atoms with Crippen LogP contribution in [0, 0.1) is 0 Å². The Kier molecular flexibility index (Phi) is 1.56. The highest BCUT2D eigenvalue weighted by molar-refractivity contribution is 6.02. The van der Waals surface area contributed by atoms with E-state index in [2.05, 4.69) is 15.0 Å². The van der Waals surface area contributed by atoms with Gasteiger partial charge in [0.25, 0.3) is 5.56 Å². The Labute approximate surface area is 84.6 Å². The summed E-state index contributed by atoms with van der Waals surface area (Å²) < 4.78 is 0. The van der Waals surface area contributed by atoms with Crippen molar-refractivity contribution >= 4 is 21.8 Å². The van der Waals surface area contributed by atoms with E-state index in [1.807, 2.05) is 6.07 Å². The van der Waals surface area contributed by atoms with Crippen molar-refractivity contribution in [3.63, 3.8) is 0 Å². The first-order chi connectivity index (χ1) is 7.36. The maximum absolute atomic E-state index is 11.7. The van der Waals surface area contributed by atoms with Gasteiger partial charge < -0.3 is 4.98 Å². The van der Waals surface area contributed by atoms with Gasteiger partial charge in [-0.15, -0.1) is 0 Å². The highest BCUT2D eigenvalue weighted by Gasteiger charge is 2.04. The third-order valence-corrected chi connectivity index (χ3v) is 2.38. The normalized spacial score (nSPS) is 10.9. The molecule has 0 saturated heterocycles. The van der Waals surface area contributed by atoms with Crippen LogP contribution in [0.25, 0.3) is 21.8 Å². The molecule has 0 fully saturated rings. The summed E-state index contributed by atoms with van der Waals surface area (Å²) in [6.45, 7) is 0. The van der Waals surface area contributed by atoms with Crippen LogP contribution in [-0.4, -0.2) is 15.0 Å². The maximum atomic E-state index is 11.7. The third kappa shape index (κ3) is 1.11. The van der Waals surface area contributed by atoms with Crippen molar-refractivity contribution in [1.29, 1.82) is 0 Å². The van der Waals surface area contributed by atoms with Crippen LogP contribution in [-0.2, 0) is 0 Å². The number of nitrogens with one attached hydrogen (secondary N) is 1. The number of pyridine rings is 3. The molecular weight excluding hydrogens is 190 g/mol. The van der Waals surface area contributed by atoms with Crippen LogP contribution in [0.3, 0.4) is 0 Å². The van der Waals surface area contributed by atoms with Gasteiger partial charge >= 0.3 is 0 Å². The average Bonchev–Trinajstić information content (AvgIpc) is 2.30. The fourth-order valence-electron chi connectivity index (χ4n) is 1.69. The Hall–Kier alpha value is -2.23. The Balaban J connectivity index is 2.70. The molecule has 0 aliphatic carbocycles. The molecule has 0 atom stereocenters. The van der Waals surface area contributed by atoms with Crippen molar-refractivity contribution in [3.8, 4) is 0 Å². The summed E-state index contributed by atoms with van der Waals surface area (Å²) in [6.07, 6.45) is 4.93. The van der Waals surface area contributed by atoms with E-state index in [0.29, 0.717) is 5.39 Å². The molecule has 1 N–H and O–H groups in total. The molecule has 0 saturated carbocycles. The number of hydrogen-bond acceptors (Lipinski definition) is 3. The first-order valence-corrected chi connectivity index (χ1v) is 4.57. The SMILES string of the molecule is O=c1[nH]c2cccnc2c2ccncc12. The fraction of sp³-hybridized carbons (Fsp3) is 0. The van der Waals surface area contributed by atoms with Gasteiger partial charge in [0.05, 0.1) is 16.4 Å². The molecule has 4 heteroatoms. The molecule has 0 aliphatic heterocycles. The van der Waals surface area contributed by atoms with Crippen LogP contribution in [0.5, 0.6) is 0 Å². The molecule has 0 amide bonds. The van der Waals surface area contributed by atoms with Gasteiger partial charge in [0, 0.05) is 24.0 Å². The number of aromatic nitrogens is 3. The lowest BCUT2D eigenvalue weighted by Gasteiger charge is -2.00. The van der Waals surface area contributed by atoms with Gasteiger partial charge in [0.2, 0.25) is 0 Å². The molecular formula is C11H7N3O. The molecule has 72 valence electrons. The van der Waals surface area contributed by atoms with Crippen LogP contribution < -0.4 is 5.56 Å². The summed E-state index contributed by atoms with van der Waals surface area (Å²) in [5, 5.41) is 1.41. The molecule has 0 bridgehead atoms. The van der Waals surface area contributed by atoms with E-state index >= 15 is 0 Å². The van der Waals surface area contributed by atoms with E-state index in [1.54, 1.807) is 30.7 Å². The quantitative estimate of drug-likeness (QED) is 0.555. The zero-order chi connectivity index (χ0) is 10.3. The third-order valence-electron chi connectivity index (χ3n) is 2.38. The second kappa shape index (κ2) is 2.88. The second-order valence-electron chi connectivity index (χ2n) is 3.27. The number of fused-ring (bicyclic) bond motifs is 3. The standard InChI is InChI=1S/C11H7N3O/c15-11-8-6-12-5-3-7(8)10-9(14-11)2-1-4-13-10/h1-6H,(H,14,15). The molecule has 0 spiro atoms. The monoisotopic (exact) mass is 197 g/mol. The molecule has 3 aromatic rings. The zero-order valence-electron chi connectivity index (χ0n) is 7.77. The number of H-pyrrole nitrogens is 1. The predicted octanol–water partition coefficient (Wildman–Crippen LogP) is 1.47. The van der Waals surface area contributed by atoms with Gasteiger partial charge in [-0.25, -0.2) is 0 Å². The van der Waals surface area contributed by atoms with Crippen LogP contribution in [0.15, 0.2) is 41.6 Å². The van der Waals surface area contributed by atoms with E-state index < -0.39 is 0 Å². The van der Waals surface area contributed by atoms with Crippen LogP contribution in [0.2, 0.25) is 0 Å². The van der Waals surface area contributed by atoms with Gasteiger partial charge in [0.1, 0.15) is 0 Å². The molecule has 4 nitrogen and oxygen atoms in total. The van der Waals surface area contributed by atoms with Crippen LogP contribution in [0.1, 0.15) is 0 Å². The summed E-state index contributed by atoms with van der Waals surface area (Å²) in [6, 6.07) is 5.44. The molecule has 0 aliphatic rings. The van der Waals surface area contributed by atoms with E-state index in [-0.39, 0.29) is 5.56 Å². The summed E-state index contributed by atoms with van der Waals surface area (Å²) in [7, 11) is 0. The number of aromatic amines is 1. The van der Waals surface area contributed by atoms with E-state index in [9.17, 15) is 4.79 Å². The molecule has 0 radical (unpaired) electrons. The second-order valence-corrected chi connectivity index (χ2v) is 3.27. The lowest BCUT2D eigenvalue weighted by Crippen LogP contribution is -2.06. The Morgan fingerprint density at radius 3 is 3.00 bits per heavy atom. The highest BCUT2D eigenvalue weighted by atomic mass is 16.1. The van der Waals surface area contributed by atoms with E-state index in [0.717, 1.165) is 16.4 Å². The first-order valence-electron chi connectivity index (χ1n) is 4.57. The lowest BCUT2D eigenvalue weighted by atomic mass is 10.2. The van der Waals surface area contributed by atoms with Crippen molar-refractivity contribution < 1.29 is 0 Å². The minimum absolute atomic E-state index is 0.126. The highest BCUT2D eigenvalue weighted by Crippen LogP contribution is 2.16. The Morgan fingerprint density at radius 2 is 2.07 bits per heavy atom. The van der Waals surface area contributed by atoms with Crippen LogP contribution in [0.4, 0.5) is 0 Å². The Bertz CT molecular complexity index is 703. The maximum Gasteiger partial charge on any atom is 0.257 e. The molecule has 0 aromatic carbocycles.